The molecule has 3 aromatic rings. The highest BCUT2D eigenvalue weighted by Gasteiger charge is 2.39. The number of furan rings is 1. The number of hydrogen-bond donors (Lipinski definition) is 1. The monoisotopic (exact) mass is 411 g/mol. The lowest BCUT2D eigenvalue weighted by Gasteiger charge is -2.44. The maximum absolute atomic E-state index is 13.0. The van der Waals surface area contributed by atoms with E-state index in [0.717, 1.165) is 44.9 Å². The summed E-state index contributed by atoms with van der Waals surface area (Å²) < 4.78 is 6.98. The van der Waals surface area contributed by atoms with Gasteiger partial charge in [-0.05, 0) is 32.0 Å². The minimum absolute atomic E-state index is 0.132. The van der Waals surface area contributed by atoms with Crippen LogP contribution in [0.25, 0.3) is 17.4 Å². The molecule has 2 fully saturated rings. The molecule has 2 saturated heterocycles. The maximum atomic E-state index is 13.0. The van der Waals surface area contributed by atoms with Crippen molar-refractivity contribution in [1.82, 2.24) is 34.4 Å². The number of carbonyl (C=O) groups is 1. The van der Waals surface area contributed by atoms with Crippen molar-refractivity contribution in [2.75, 3.05) is 49.9 Å². The SMILES string of the molecule is CCN1CCN(C(=O)[C@@H]2CCN2c2nc(N)n3nc(-c4ccc(C)o4)nc3n2)CC1. The smallest absolute Gasteiger partial charge is 0.259 e. The van der Waals surface area contributed by atoms with Crippen LogP contribution in [0.2, 0.25) is 0 Å². The summed E-state index contributed by atoms with van der Waals surface area (Å²) in [5, 5.41) is 4.35. The standard InChI is InChI=1S/C19H25N9O2/c1-3-25-8-10-26(11-9-25)16(29)13-6-7-27(13)18-22-17(20)28-19(23-18)21-15(24-28)14-5-4-12(2)30-14/h4-5,13H,3,6-11H2,1-2H3,(H2,20,21,22,23,24)/t13-/m0/s1. The number of amides is 1. The Bertz CT molecular complexity index is 1080. The van der Waals surface area contributed by atoms with E-state index < -0.39 is 0 Å². The van der Waals surface area contributed by atoms with Crippen molar-refractivity contribution in [3.8, 4) is 11.6 Å². The zero-order valence-corrected chi connectivity index (χ0v) is 17.2. The molecule has 2 aliphatic rings. The van der Waals surface area contributed by atoms with Gasteiger partial charge in [-0.1, -0.05) is 6.92 Å². The lowest BCUT2D eigenvalue weighted by molar-refractivity contribution is -0.135. The number of likely N-dealkylation sites (N-methyl/N-ethyl adjacent to an activating group) is 1. The fourth-order valence-electron chi connectivity index (χ4n) is 3.96. The van der Waals surface area contributed by atoms with Gasteiger partial charge in [0.15, 0.2) is 5.76 Å². The third-order valence-electron chi connectivity index (χ3n) is 5.88. The molecule has 1 amide bonds. The summed E-state index contributed by atoms with van der Waals surface area (Å²) in [6.45, 7) is 9.07. The molecule has 11 heteroatoms. The number of carbonyl (C=O) groups excluding carboxylic acids is 1. The van der Waals surface area contributed by atoms with Crippen molar-refractivity contribution in [1.29, 1.82) is 0 Å². The zero-order chi connectivity index (χ0) is 20.8. The number of hydrogen-bond acceptors (Lipinski definition) is 9. The molecule has 0 saturated carbocycles. The van der Waals surface area contributed by atoms with E-state index in [2.05, 4.69) is 31.9 Å². The Morgan fingerprint density at radius 3 is 2.60 bits per heavy atom. The predicted molar refractivity (Wildman–Crippen MR) is 110 cm³/mol. The van der Waals surface area contributed by atoms with Crippen LogP contribution in [-0.2, 0) is 4.79 Å². The van der Waals surface area contributed by atoms with E-state index in [1.165, 1.54) is 4.52 Å². The van der Waals surface area contributed by atoms with Crippen LogP contribution < -0.4 is 10.6 Å². The average Bonchev–Trinajstić information content (AvgIpc) is 3.33. The van der Waals surface area contributed by atoms with E-state index >= 15 is 0 Å². The van der Waals surface area contributed by atoms with Crippen LogP contribution >= 0.6 is 0 Å². The number of nitrogens with two attached hydrogens (primary N) is 1. The van der Waals surface area contributed by atoms with Crippen LogP contribution in [0.4, 0.5) is 11.9 Å². The lowest BCUT2D eigenvalue weighted by atomic mass is 10.0. The van der Waals surface area contributed by atoms with Crippen molar-refractivity contribution in [2.45, 2.75) is 26.3 Å². The average molecular weight is 411 g/mol. The van der Waals surface area contributed by atoms with Crippen LogP contribution in [0.15, 0.2) is 16.5 Å². The van der Waals surface area contributed by atoms with Crippen molar-refractivity contribution >= 4 is 23.6 Å². The van der Waals surface area contributed by atoms with E-state index in [4.69, 9.17) is 10.2 Å². The van der Waals surface area contributed by atoms with Crippen molar-refractivity contribution in [2.24, 2.45) is 0 Å². The van der Waals surface area contributed by atoms with Gasteiger partial charge in [0, 0.05) is 32.7 Å². The van der Waals surface area contributed by atoms with Crippen molar-refractivity contribution in [3.05, 3.63) is 17.9 Å². The summed E-state index contributed by atoms with van der Waals surface area (Å²) >= 11 is 0. The Labute approximate surface area is 173 Å². The summed E-state index contributed by atoms with van der Waals surface area (Å²) in [4.78, 5) is 32.6. The summed E-state index contributed by atoms with van der Waals surface area (Å²) in [5.74, 6) is 2.75. The fraction of sp³-hybridized carbons (Fsp3) is 0.526. The molecule has 11 nitrogen and oxygen atoms in total. The molecule has 5 rings (SSSR count). The molecule has 3 aromatic heterocycles. The number of piperazine rings is 1. The van der Waals surface area contributed by atoms with Crippen LogP contribution in [0.3, 0.4) is 0 Å². The molecule has 0 radical (unpaired) electrons. The van der Waals surface area contributed by atoms with Gasteiger partial charge in [-0.15, -0.1) is 5.10 Å². The van der Waals surface area contributed by atoms with Crippen LogP contribution in [0.5, 0.6) is 0 Å². The first-order valence-electron chi connectivity index (χ1n) is 10.3. The van der Waals surface area contributed by atoms with Gasteiger partial charge < -0.3 is 24.9 Å². The second-order valence-corrected chi connectivity index (χ2v) is 7.70. The summed E-state index contributed by atoms with van der Waals surface area (Å²) in [5.41, 5.74) is 6.12. The largest absolute Gasteiger partial charge is 0.458 e. The lowest BCUT2D eigenvalue weighted by Crippen LogP contribution is -2.60. The van der Waals surface area contributed by atoms with Gasteiger partial charge in [0.1, 0.15) is 11.8 Å². The molecular formula is C19H25N9O2. The van der Waals surface area contributed by atoms with Crippen LogP contribution in [-0.4, -0.2) is 85.6 Å². The first kappa shape index (κ1) is 18.8. The first-order valence-corrected chi connectivity index (χ1v) is 10.3. The van der Waals surface area contributed by atoms with Gasteiger partial charge in [0.25, 0.3) is 5.78 Å². The van der Waals surface area contributed by atoms with Gasteiger partial charge in [0.05, 0.1) is 0 Å². The fourth-order valence-corrected chi connectivity index (χ4v) is 3.96. The predicted octanol–water partition coefficient (Wildman–Crippen LogP) is 0.413. The third-order valence-corrected chi connectivity index (χ3v) is 5.88. The Kier molecular flexibility index (Phi) is 4.54. The normalized spacial score (nSPS) is 20.0. The zero-order valence-electron chi connectivity index (χ0n) is 17.2. The molecule has 5 heterocycles. The second kappa shape index (κ2) is 7.24. The number of nitrogen functional groups attached to an aromatic ring is 1. The highest BCUT2D eigenvalue weighted by molar-refractivity contribution is 5.86. The Balaban J connectivity index is 1.37. The molecule has 158 valence electrons. The second-order valence-electron chi connectivity index (χ2n) is 7.70. The summed E-state index contributed by atoms with van der Waals surface area (Å²) in [6.07, 6.45) is 0.783. The number of rotatable bonds is 4. The van der Waals surface area contributed by atoms with Gasteiger partial charge in [-0.3, -0.25) is 4.79 Å². The minimum atomic E-state index is -0.254. The van der Waals surface area contributed by atoms with E-state index in [1.54, 1.807) is 6.07 Å². The molecule has 0 unspecified atom stereocenters. The molecule has 0 aromatic carbocycles. The molecule has 30 heavy (non-hydrogen) atoms. The molecule has 1 atom stereocenters. The summed E-state index contributed by atoms with van der Waals surface area (Å²) in [6, 6.07) is 3.39. The molecular weight excluding hydrogens is 386 g/mol. The minimum Gasteiger partial charge on any atom is -0.458 e. The van der Waals surface area contributed by atoms with Crippen molar-refractivity contribution in [3.63, 3.8) is 0 Å². The number of anilines is 2. The number of aromatic nitrogens is 5. The van der Waals surface area contributed by atoms with Gasteiger partial charge >= 0.3 is 0 Å². The van der Waals surface area contributed by atoms with E-state index in [1.807, 2.05) is 22.8 Å². The van der Waals surface area contributed by atoms with E-state index in [0.29, 0.717) is 29.9 Å². The van der Waals surface area contributed by atoms with Gasteiger partial charge in [-0.2, -0.15) is 19.5 Å². The molecule has 2 aliphatic heterocycles. The number of aryl methyl sites for hydroxylation is 1. The molecule has 2 N–H and O–H groups in total. The number of fused-ring (bicyclic) bond motifs is 1. The first-order chi connectivity index (χ1) is 14.5. The maximum Gasteiger partial charge on any atom is 0.259 e. The Hall–Kier alpha value is -3.21. The Morgan fingerprint density at radius 2 is 1.97 bits per heavy atom. The third kappa shape index (κ3) is 3.15. The van der Waals surface area contributed by atoms with Crippen LogP contribution in [0, 0.1) is 6.92 Å². The topological polar surface area (TPSA) is 122 Å². The highest BCUT2D eigenvalue weighted by Crippen LogP contribution is 2.27. The van der Waals surface area contributed by atoms with Gasteiger partial charge in [0.2, 0.25) is 23.6 Å². The van der Waals surface area contributed by atoms with E-state index in [9.17, 15) is 4.79 Å². The number of nitrogens with zero attached hydrogens (tertiary/aromatic N) is 8. The molecule has 0 bridgehead atoms. The van der Waals surface area contributed by atoms with E-state index in [-0.39, 0.29) is 17.9 Å². The quantitative estimate of drug-likeness (QED) is 0.650. The van der Waals surface area contributed by atoms with Gasteiger partial charge in [-0.25, -0.2) is 0 Å². The Morgan fingerprint density at radius 1 is 1.17 bits per heavy atom. The van der Waals surface area contributed by atoms with Crippen molar-refractivity contribution < 1.29 is 9.21 Å². The van der Waals surface area contributed by atoms with Crippen LogP contribution in [0.1, 0.15) is 19.1 Å². The summed E-state index contributed by atoms with van der Waals surface area (Å²) in [7, 11) is 0. The molecule has 0 aliphatic carbocycles. The molecule has 0 spiro atoms. The highest BCUT2D eigenvalue weighted by atomic mass is 16.3.